The van der Waals surface area contributed by atoms with Crippen LogP contribution in [0.2, 0.25) is 0 Å². The van der Waals surface area contributed by atoms with Gasteiger partial charge in [-0.15, -0.1) is 0 Å². The first kappa shape index (κ1) is 21.3. The summed E-state index contributed by atoms with van der Waals surface area (Å²) in [5, 5.41) is 0. The first-order valence-corrected chi connectivity index (χ1v) is 10.4. The van der Waals surface area contributed by atoms with Crippen molar-refractivity contribution in [1.82, 2.24) is 19.8 Å². The highest BCUT2D eigenvalue weighted by Gasteiger charge is 2.27. The van der Waals surface area contributed by atoms with Crippen LogP contribution in [0.4, 0.5) is 4.39 Å². The van der Waals surface area contributed by atoms with E-state index >= 15 is 0 Å². The Morgan fingerprint density at radius 2 is 2.13 bits per heavy atom. The molecule has 0 bridgehead atoms. The smallest absolute Gasteiger partial charge is 0.248 e. The number of carbonyl (C=O) groups excluding carboxylic acids is 2. The summed E-state index contributed by atoms with van der Waals surface area (Å²) in [6.45, 7) is 2.71. The molecule has 9 heteroatoms. The van der Waals surface area contributed by atoms with E-state index in [-0.39, 0.29) is 24.2 Å². The molecular weight excluding hydrogens is 403 g/mol. The highest BCUT2D eigenvalue weighted by Crippen LogP contribution is 2.24. The van der Waals surface area contributed by atoms with Gasteiger partial charge in [0.1, 0.15) is 18.5 Å². The fourth-order valence-corrected chi connectivity index (χ4v) is 3.76. The Labute approximate surface area is 180 Å². The van der Waals surface area contributed by atoms with Gasteiger partial charge in [-0.2, -0.15) is 0 Å². The summed E-state index contributed by atoms with van der Waals surface area (Å²) >= 11 is 0. The zero-order valence-electron chi connectivity index (χ0n) is 17.2. The highest BCUT2D eigenvalue weighted by atomic mass is 19.1. The van der Waals surface area contributed by atoms with Crippen molar-refractivity contribution in [2.24, 2.45) is 0 Å². The number of amides is 2. The molecule has 0 spiro atoms. The molecule has 0 aliphatic carbocycles. The molecule has 0 radical (unpaired) electrons. The van der Waals surface area contributed by atoms with Crippen molar-refractivity contribution < 1.29 is 23.5 Å². The van der Waals surface area contributed by atoms with E-state index < -0.39 is 6.10 Å². The summed E-state index contributed by atoms with van der Waals surface area (Å²) in [7, 11) is 0. The van der Waals surface area contributed by atoms with E-state index in [1.807, 2.05) is 0 Å². The van der Waals surface area contributed by atoms with Crippen molar-refractivity contribution in [2.75, 3.05) is 46.0 Å². The average molecular weight is 428 g/mol. The SMILES string of the molecule is O=C1CCCN1CCOCC(=O)N1CCOC(c2cncc(-c3ccccc3F)n2)C1. The minimum Gasteiger partial charge on any atom is -0.370 e. The van der Waals surface area contributed by atoms with E-state index in [1.54, 1.807) is 34.2 Å². The molecule has 2 aliphatic heterocycles. The number of hydrogen-bond acceptors (Lipinski definition) is 6. The van der Waals surface area contributed by atoms with Crippen molar-refractivity contribution in [3.63, 3.8) is 0 Å². The molecule has 2 aliphatic rings. The normalized spacial score (nSPS) is 19.1. The maximum Gasteiger partial charge on any atom is 0.248 e. The van der Waals surface area contributed by atoms with Crippen LogP contribution >= 0.6 is 0 Å². The lowest BCUT2D eigenvalue weighted by atomic mass is 10.1. The summed E-state index contributed by atoms with van der Waals surface area (Å²) < 4.78 is 25.4. The average Bonchev–Trinajstić information content (AvgIpc) is 3.21. The van der Waals surface area contributed by atoms with E-state index in [9.17, 15) is 14.0 Å². The molecule has 1 atom stereocenters. The molecule has 1 unspecified atom stereocenters. The van der Waals surface area contributed by atoms with Crippen LogP contribution in [0.15, 0.2) is 36.7 Å². The molecule has 1 aromatic carbocycles. The van der Waals surface area contributed by atoms with Crippen LogP contribution < -0.4 is 0 Å². The lowest BCUT2D eigenvalue weighted by molar-refractivity contribution is -0.144. The number of aromatic nitrogens is 2. The van der Waals surface area contributed by atoms with Crippen molar-refractivity contribution in [3.8, 4) is 11.3 Å². The fourth-order valence-electron chi connectivity index (χ4n) is 3.76. The fraction of sp³-hybridized carbons (Fsp3) is 0.455. The molecule has 164 valence electrons. The van der Waals surface area contributed by atoms with Crippen molar-refractivity contribution in [2.45, 2.75) is 18.9 Å². The van der Waals surface area contributed by atoms with E-state index in [1.165, 1.54) is 12.3 Å². The molecule has 0 N–H and O–H groups in total. The number of benzene rings is 1. The lowest BCUT2D eigenvalue weighted by Gasteiger charge is -2.32. The van der Waals surface area contributed by atoms with Gasteiger partial charge in [-0.3, -0.25) is 14.6 Å². The quantitative estimate of drug-likeness (QED) is 0.626. The van der Waals surface area contributed by atoms with Gasteiger partial charge in [0.15, 0.2) is 0 Å². The zero-order valence-corrected chi connectivity index (χ0v) is 17.2. The predicted octanol–water partition coefficient (Wildman–Crippen LogP) is 1.82. The minimum atomic E-state index is -0.445. The summed E-state index contributed by atoms with van der Waals surface area (Å²) in [4.78, 5) is 36.3. The largest absolute Gasteiger partial charge is 0.370 e. The molecule has 2 fully saturated rings. The predicted molar refractivity (Wildman–Crippen MR) is 109 cm³/mol. The summed E-state index contributed by atoms with van der Waals surface area (Å²) in [6.07, 6.45) is 4.11. The third kappa shape index (κ3) is 5.23. The first-order chi connectivity index (χ1) is 15.1. The van der Waals surface area contributed by atoms with E-state index in [4.69, 9.17) is 9.47 Å². The van der Waals surface area contributed by atoms with Crippen LogP contribution in [-0.2, 0) is 19.1 Å². The number of halogens is 1. The Hall–Kier alpha value is -2.91. The van der Waals surface area contributed by atoms with Gasteiger partial charge in [0, 0.05) is 31.6 Å². The standard InChI is InChI=1S/C22H25FN4O4/c23-17-5-2-1-4-16(17)18-12-24-13-19(25-18)20-14-27(9-11-31-20)22(29)15-30-10-8-26-7-3-6-21(26)28/h1-2,4-5,12-13,20H,3,6-11,14-15H2. The number of ether oxygens (including phenoxy) is 2. The molecule has 2 saturated heterocycles. The Balaban J connectivity index is 1.32. The second-order valence-electron chi connectivity index (χ2n) is 7.55. The van der Waals surface area contributed by atoms with Crippen molar-refractivity contribution >= 4 is 11.8 Å². The molecule has 0 saturated carbocycles. The summed E-state index contributed by atoms with van der Waals surface area (Å²) in [6, 6.07) is 6.38. The lowest BCUT2D eigenvalue weighted by Crippen LogP contribution is -2.44. The van der Waals surface area contributed by atoms with Crippen molar-refractivity contribution in [1.29, 1.82) is 0 Å². The first-order valence-electron chi connectivity index (χ1n) is 10.4. The Kier molecular flexibility index (Phi) is 6.83. The van der Waals surface area contributed by atoms with Crippen LogP contribution in [0.5, 0.6) is 0 Å². The number of carbonyl (C=O) groups is 2. The molecule has 1 aromatic heterocycles. The Morgan fingerprint density at radius 3 is 2.94 bits per heavy atom. The zero-order chi connectivity index (χ0) is 21.6. The number of nitrogens with zero attached hydrogens (tertiary/aromatic N) is 4. The van der Waals surface area contributed by atoms with E-state index in [0.29, 0.717) is 56.2 Å². The van der Waals surface area contributed by atoms with Gasteiger partial charge in [-0.1, -0.05) is 12.1 Å². The van der Waals surface area contributed by atoms with E-state index in [2.05, 4.69) is 9.97 Å². The number of rotatable bonds is 7. The summed E-state index contributed by atoms with van der Waals surface area (Å²) in [5.41, 5.74) is 1.33. The van der Waals surface area contributed by atoms with Crippen molar-refractivity contribution in [3.05, 3.63) is 48.2 Å². The molecule has 31 heavy (non-hydrogen) atoms. The maximum atomic E-state index is 14.1. The van der Waals surface area contributed by atoms with Gasteiger partial charge in [0.25, 0.3) is 0 Å². The minimum absolute atomic E-state index is 0.0459. The molecule has 2 aromatic rings. The van der Waals surface area contributed by atoms with Crippen LogP contribution in [0, 0.1) is 5.82 Å². The monoisotopic (exact) mass is 428 g/mol. The Bertz CT molecular complexity index is 941. The maximum absolute atomic E-state index is 14.1. The van der Waals surface area contributed by atoms with Crippen LogP contribution in [0.25, 0.3) is 11.3 Å². The second-order valence-corrected chi connectivity index (χ2v) is 7.55. The van der Waals surface area contributed by atoms with Gasteiger partial charge in [0.05, 0.1) is 43.5 Å². The number of morpholine rings is 1. The van der Waals surface area contributed by atoms with Crippen LogP contribution in [0.3, 0.4) is 0 Å². The van der Waals surface area contributed by atoms with Gasteiger partial charge >= 0.3 is 0 Å². The topological polar surface area (TPSA) is 84.9 Å². The third-order valence-electron chi connectivity index (χ3n) is 5.45. The molecular formula is C22H25FN4O4. The number of likely N-dealkylation sites (tertiary alicyclic amines) is 1. The molecule has 8 nitrogen and oxygen atoms in total. The highest BCUT2D eigenvalue weighted by molar-refractivity contribution is 5.78. The van der Waals surface area contributed by atoms with Crippen LogP contribution in [0.1, 0.15) is 24.6 Å². The molecule has 3 heterocycles. The number of hydrogen-bond donors (Lipinski definition) is 0. The second kappa shape index (κ2) is 9.93. The van der Waals surface area contributed by atoms with E-state index in [0.717, 1.165) is 13.0 Å². The third-order valence-corrected chi connectivity index (χ3v) is 5.45. The Morgan fingerprint density at radius 1 is 1.26 bits per heavy atom. The van der Waals surface area contributed by atoms with Gasteiger partial charge in [-0.05, 0) is 18.6 Å². The van der Waals surface area contributed by atoms with Crippen LogP contribution in [-0.4, -0.2) is 77.6 Å². The molecule has 2 amide bonds. The van der Waals surface area contributed by atoms with Gasteiger partial charge in [-0.25, -0.2) is 9.37 Å². The van der Waals surface area contributed by atoms with Gasteiger partial charge < -0.3 is 19.3 Å². The van der Waals surface area contributed by atoms with Gasteiger partial charge in [0.2, 0.25) is 11.8 Å². The molecule has 4 rings (SSSR count). The summed E-state index contributed by atoms with van der Waals surface area (Å²) in [5.74, 6) is -0.368.